The topological polar surface area (TPSA) is 73.2 Å². The van der Waals surface area contributed by atoms with Gasteiger partial charge < -0.3 is 10.1 Å². The average Bonchev–Trinajstić information content (AvgIpc) is 2.79. The lowest BCUT2D eigenvalue weighted by atomic mass is 10.3. The Morgan fingerprint density at radius 1 is 1.41 bits per heavy atom. The van der Waals surface area contributed by atoms with Gasteiger partial charge in [0.25, 0.3) is 0 Å². The Bertz CT molecular complexity index is 562. The van der Waals surface area contributed by atoms with E-state index in [1.165, 1.54) is 11.8 Å². The van der Waals surface area contributed by atoms with Gasteiger partial charge in [-0.15, -0.1) is 0 Å². The number of fused-ring (bicyclic) bond motifs is 1. The van der Waals surface area contributed by atoms with Crippen molar-refractivity contribution in [1.82, 2.24) is 15.1 Å². The number of hydrogen-bond donors (Lipinski definition) is 1. The van der Waals surface area contributed by atoms with Crippen molar-refractivity contribution in [2.45, 2.75) is 0 Å². The second-order valence-corrected chi connectivity index (χ2v) is 3.35. The van der Waals surface area contributed by atoms with E-state index in [1.54, 1.807) is 12.3 Å². The first-order chi connectivity index (χ1) is 8.22. The number of benzene rings is 1. The highest BCUT2D eigenvalue weighted by Crippen LogP contribution is 2.11. The Morgan fingerprint density at radius 2 is 2.18 bits per heavy atom. The molecule has 6 heteroatoms. The molecule has 1 heterocycles. The van der Waals surface area contributed by atoms with Gasteiger partial charge in [-0.05, 0) is 6.07 Å². The van der Waals surface area contributed by atoms with E-state index in [0.29, 0.717) is 5.52 Å². The molecule has 2 aromatic rings. The zero-order valence-electron chi connectivity index (χ0n) is 9.21. The first-order valence-electron chi connectivity index (χ1n) is 5.00. The van der Waals surface area contributed by atoms with Crippen LogP contribution in [0, 0.1) is 0 Å². The summed E-state index contributed by atoms with van der Waals surface area (Å²) in [5.74, 6) is -0.505. The van der Waals surface area contributed by atoms with Gasteiger partial charge in [0, 0.05) is 5.39 Å². The monoisotopic (exact) mass is 233 g/mol. The van der Waals surface area contributed by atoms with Crippen LogP contribution in [0.25, 0.3) is 10.9 Å². The number of carbonyl (C=O) groups is 2. The van der Waals surface area contributed by atoms with E-state index in [4.69, 9.17) is 0 Å². The third kappa shape index (κ3) is 2.25. The molecule has 0 bridgehead atoms. The molecule has 0 aliphatic rings. The minimum absolute atomic E-state index is 0.177. The van der Waals surface area contributed by atoms with Gasteiger partial charge >= 0.3 is 12.0 Å². The van der Waals surface area contributed by atoms with Crippen molar-refractivity contribution in [2.75, 3.05) is 13.7 Å². The molecule has 1 aromatic heterocycles. The van der Waals surface area contributed by atoms with Crippen molar-refractivity contribution >= 4 is 22.9 Å². The van der Waals surface area contributed by atoms with E-state index < -0.39 is 12.0 Å². The van der Waals surface area contributed by atoms with E-state index >= 15 is 0 Å². The molecule has 0 aliphatic carbocycles. The van der Waals surface area contributed by atoms with Crippen LogP contribution in [0.5, 0.6) is 0 Å². The quantitative estimate of drug-likeness (QED) is 0.777. The maximum Gasteiger partial charge on any atom is 0.343 e. The van der Waals surface area contributed by atoms with Crippen LogP contribution in [0.15, 0.2) is 30.5 Å². The van der Waals surface area contributed by atoms with Gasteiger partial charge in [-0.2, -0.15) is 9.78 Å². The number of para-hydroxylation sites is 1. The normalized spacial score (nSPS) is 10.2. The van der Waals surface area contributed by atoms with Gasteiger partial charge in [0.2, 0.25) is 0 Å². The summed E-state index contributed by atoms with van der Waals surface area (Å²) in [5, 5.41) is 7.23. The number of hydrogen-bond acceptors (Lipinski definition) is 4. The number of ether oxygens (including phenoxy) is 1. The molecular weight excluding hydrogens is 222 g/mol. The first kappa shape index (κ1) is 11.1. The predicted molar refractivity (Wildman–Crippen MR) is 60.5 cm³/mol. The molecule has 1 N–H and O–H groups in total. The summed E-state index contributed by atoms with van der Waals surface area (Å²) in [5.41, 5.74) is 0.690. The first-order valence-corrected chi connectivity index (χ1v) is 5.00. The number of carbonyl (C=O) groups excluding carboxylic acids is 2. The molecule has 0 radical (unpaired) electrons. The molecule has 0 saturated heterocycles. The van der Waals surface area contributed by atoms with Crippen LogP contribution in [0.3, 0.4) is 0 Å². The number of aromatic nitrogens is 2. The Morgan fingerprint density at radius 3 is 2.94 bits per heavy atom. The van der Waals surface area contributed by atoms with Gasteiger partial charge in [-0.1, -0.05) is 18.2 Å². The van der Waals surface area contributed by atoms with Crippen LogP contribution >= 0.6 is 0 Å². The van der Waals surface area contributed by atoms with E-state index in [2.05, 4.69) is 15.2 Å². The summed E-state index contributed by atoms with van der Waals surface area (Å²) < 4.78 is 5.63. The van der Waals surface area contributed by atoms with E-state index in [-0.39, 0.29) is 6.54 Å². The number of amides is 1. The van der Waals surface area contributed by atoms with Crippen LogP contribution in [-0.2, 0) is 9.53 Å². The van der Waals surface area contributed by atoms with Crippen LogP contribution in [0.2, 0.25) is 0 Å². The number of nitrogens with one attached hydrogen (secondary N) is 1. The maximum atomic E-state index is 11.7. The third-order valence-corrected chi connectivity index (χ3v) is 2.28. The van der Waals surface area contributed by atoms with Gasteiger partial charge in [0.15, 0.2) is 0 Å². The lowest BCUT2D eigenvalue weighted by Gasteiger charge is -2.04. The Hall–Kier alpha value is -2.37. The second-order valence-electron chi connectivity index (χ2n) is 3.35. The standard InChI is InChI=1S/C11H11N3O3/c1-17-10(15)7-12-11(16)14-9-5-3-2-4-8(9)6-13-14/h2-6H,7H2,1H3,(H,12,16). The zero-order valence-corrected chi connectivity index (χ0v) is 9.21. The number of esters is 1. The van der Waals surface area contributed by atoms with E-state index in [9.17, 15) is 9.59 Å². The third-order valence-electron chi connectivity index (χ3n) is 2.28. The van der Waals surface area contributed by atoms with Crippen LogP contribution in [0.1, 0.15) is 0 Å². The lowest BCUT2D eigenvalue weighted by Crippen LogP contribution is -2.34. The van der Waals surface area contributed by atoms with Crippen molar-refractivity contribution in [3.05, 3.63) is 30.5 Å². The highest BCUT2D eigenvalue weighted by molar-refractivity contribution is 5.91. The Balaban J connectivity index is 2.17. The molecule has 0 fully saturated rings. The van der Waals surface area contributed by atoms with E-state index in [1.807, 2.05) is 18.2 Å². The summed E-state index contributed by atoms with van der Waals surface area (Å²) >= 11 is 0. The second kappa shape index (κ2) is 4.65. The van der Waals surface area contributed by atoms with Crippen molar-refractivity contribution in [3.8, 4) is 0 Å². The molecule has 1 amide bonds. The molecule has 6 nitrogen and oxygen atoms in total. The SMILES string of the molecule is COC(=O)CNC(=O)n1ncc2ccccc21. The summed E-state index contributed by atoms with van der Waals surface area (Å²) in [6.07, 6.45) is 1.59. The number of rotatable bonds is 2. The average molecular weight is 233 g/mol. The molecule has 0 spiro atoms. The fourth-order valence-electron chi connectivity index (χ4n) is 1.43. The predicted octanol–water partition coefficient (Wildman–Crippen LogP) is 0.767. The molecule has 0 atom stereocenters. The fourth-order valence-corrected chi connectivity index (χ4v) is 1.43. The molecule has 17 heavy (non-hydrogen) atoms. The van der Waals surface area contributed by atoms with Crippen molar-refractivity contribution in [3.63, 3.8) is 0 Å². The van der Waals surface area contributed by atoms with E-state index in [0.717, 1.165) is 5.39 Å². The fraction of sp³-hybridized carbons (Fsp3) is 0.182. The Kier molecular flexibility index (Phi) is 3.04. The van der Waals surface area contributed by atoms with Crippen molar-refractivity contribution in [1.29, 1.82) is 0 Å². The summed E-state index contributed by atoms with van der Waals surface area (Å²) in [6.45, 7) is -0.177. The molecular formula is C11H11N3O3. The minimum Gasteiger partial charge on any atom is -0.468 e. The minimum atomic E-state index is -0.505. The molecule has 88 valence electrons. The summed E-state index contributed by atoms with van der Waals surface area (Å²) in [4.78, 5) is 22.6. The van der Waals surface area contributed by atoms with Crippen LogP contribution < -0.4 is 5.32 Å². The van der Waals surface area contributed by atoms with Gasteiger partial charge in [-0.3, -0.25) is 4.79 Å². The molecule has 0 aliphatic heterocycles. The van der Waals surface area contributed by atoms with Gasteiger partial charge in [0.05, 0.1) is 18.8 Å². The highest BCUT2D eigenvalue weighted by Gasteiger charge is 2.10. The molecule has 2 rings (SSSR count). The largest absolute Gasteiger partial charge is 0.468 e. The molecule has 0 saturated carbocycles. The van der Waals surface area contributed by atoms with Crippen LogP contribution in [0.4, 0.5) is 4.79 Å². The summed E-state index contributed by atoms with van der Waals surface area (Å²) in [6, 6.07) is 6.85. The maximum absolute atomic E-state index is 11.7. The smallest absolute Gasteiger partial charge is 0.343 e. The van der Waals surface area contributed by atoms with Crippen molar-refractivity contribution in [2.24, 2.45) is 0 Å². The van der Waals surface area contributed by atoms with Crippen molar-refractivity contribution < 1.29 is 14.3 Å². The Labute approximate surface area is 97.2 Å². The lowest BCUT2D eigenvalue weighted by molar-refractivity contribution is -0.139. The molecule has 1 aromatic carbocycles. The number of nitrogens with zero attached hydrogens (tertiary/aromatic N) is 2. The highest BCUT2D eigenvalue weighted by atomic mass is 16.5. The van der Waals surface area contributed by atoms with Gasteiger partial charge in [-0.25, -0.2) is 4.79 Å². The van der Waals surface area contributed by atoms with Gasteiger partial charge in [0.1, 0.15) is 6.54 Å². The summed E-state index contributed by atoms with van der Waals surface area (Å²) in [7, 11) is 1.26. The zero-order chi connectivity index (χ0) is 12.3. The molecule has 0 unspecified atom stereocenters. The van der Waals surface area contributed by atoms with Crippen LogP contribution in [-0.4, -0.2) is 35.4 Å². The number of methoxy groups -OCH3 is 1.